The van der Waals surface area contributed by atoms with E-state index in [9.17, 15) is 9.59 Å². The van der Waals surface area contributed by atoms with Crippen LogP contribution in [0.2, 0.25) is 0 Å². The van der Waals surface area contributed by atoms with Crippen molar-refractivity contribution in [2.45, 2.75) is 24.5 Å². The Morgan fingerprint density at radius 3 is 2.90 bits per heavy atom. The Hall–Kier alpha value is -3.39. The maximum absolute atomic E-state index is 12.9. The van der Waals surface area contributed by atoms with Crippen molar-refractivity contribution in [3.05, 3.63) is 76.1 Å². The van der Waals surface area contributed by atoms with E-state index >= 15 is 0 Å². The Bertz CT molecular complexity index is 1330. The quantitative estimate of drug-likeness (QED) is 0.360. The van der Waals surface area contributed by atoms with Crippen LogP contribution in [0.5, 0.6) is 0 Å². The second-order valence-corrected chi connectivity index (χ2v) is 8.64. The van der Waals surface area contributed by atoms with Crippen LogP contribution in [0, 0.1) is 0 Å². The number of nitrogens with one attached hydrogen (secondary N) is 2. The number of hydrogen-bond donors (Lipinski definition) is 2. The van der Waals surface area contributed by atoms with E-state index in [1.807, 2.05) is 42.5 Å². The van der Waals surface area contributed by atoms with Crippen molar-refractivity contribution in [1.29, 1.82) is 0 Å². The van der Waals surface area contributed by atoms with Crippen molar-refractivity contribution in [2.24, 2.45) is 0 Å². The van der Waals surface area contributed by atoms with Gasteiger partial charge in [0.2, 0.25) is 10.6 Å². The SMILES string of the molecule is C[C@@H]1Cc2cccc3c(=O)c(C(=O)NCCSc4n[nH]c(-c5ccccc5)n4)cn1c23. The third kappa shape index (κ3) is 3.63. The first-order valence-electron chi connectivity index (χ1n) is 10.2. The fourth-order valence-electron chi connectivity index (χ4n) is 4.02. The van der Waals surface area contributed by atoms with Crippen LogP contribution in [-0.2, 0) is 6.42 Å². The molecule has 1 aliphatic rings. The highest BCUT2D eigenvalue weighted by Crippen LogP contribution is 2.30. The van der Waals surface area contributed by atoms with Gasteiger partial charge in [-0.05, 0) is 25.0 Å². The molecule has 0 aliphatic carbocycles. The number of pyridine rings is 1. The lowest BCUT2D eigenvalue weighted by atomic mass is 10.1. The molecule has 2 aromatic heterocycles. The number of nitrogens with zero attached hydrogens (tertiary/aromatic N) is 3. The molecule has 0 radical (unpaired) electrons. The molecule has 8 heteroatoms. The lowest BCUT2D eigenvalue weighted by Crippen LogP contribution is -2.31. The van der Waals surface area contributed by atoms with E-state index in [1.54, 1.807) is 12.3 Å². The number of carbonyl (C=O) groups excluding carboxylic acids is 1. The summed E-state index contributed by atoms with van der Waals surface area (Å²) in [4.78, 5) is 30.1. The number of benzene rings is 2. The summed E-state index contributed by atoms with van der Waals surface area (Å²) < 4.78 is 2.05. The van der Waals surface area contributed by atoms with E-state index in [-0.39, 0.29) is 22.9 Å². The van der Waals surface area contributed by atoms with Gasteiger partial charge in [0.25, 0.3) is 5.91 Å². The summed E-state index contributed by atoms with van der Waals surface area (Å²) in [6, 6.07) is 15.7. The van der Waals surface area contributed by atoms with Crippen LogP contribution < -0.4 is 10.7 Å². The van der Waals surface area contributed by atoms with Crippen LogP contribution in [0.4, 0.5) is 0 Å². The highest BCUT2D eigenvalue weighted by Gasteiger charge is 2.24. The fourth-order valence-corrected chi connectivity index (χ4v) is 4.67. The summed E-state index contributed by atoms with van der Waals surface area (Å²) in [6.07, 6.45) is 2.58. The summed E-state index contributed by atoms with van der Waals surface area (Å²) >= 11 is 1.44. The Labute approximate surface area is 182 Å². The molecule has 4 aromatic rings. The van der Waals surface area contributed by atoms with Crippen molar-refractivity contribution in [2.75, 3.05) is 12.3 Å². The first-order chi connectivity index (χ1) is 15.1. The van der Waals surface area contributed by atoms with Crippen LogP contribution in [0.3, 0.4) is 0 Å². The average Bonchev–Trinajstić information content (AvgIpc) is 3.39. The third-order valence-corrected chi connectivity index (χ3v) is 6.35. The normalized spacial score (nSPS) is 14.8. The van der Waals surface area contributed by atoms with Gasteiger partial charge in [0.05, 0.1) is 5.52 Å². The number of para-hydroxylation sites is 1. The summed E-state index contributed by atoms with van der Waals surface area (Å²) in [5.41, 5.74) is 3.05. The molecule has 31 heavy (non-hydrogen) atoms. The molecule has 1 aliphatic heterocycles. The predicted octanol–water partition coefficient (Wildman–Crippen LogP) is 3.43. The molecule has 0 unspecified atom stereocenters. The number of amides is 1. The number of thioether (sulfide) groups is 1. The van der Waals surface area contributed by atoms with E-state index in [1.165, 1.54) is 11.8 Å². The summed E-state index contributed by atoms with van der Waals surface area (Å²) in [5, 5.41) is 11.2. The summed E-state index contributed by atoms with van der Waals surface area (Å²) in [7, 11) is 0. The maximum atomic E-state index is 12.9. The Morgan fingerprint density at radius 2 is 2.06 bits per heavy atom. The van der Waals surface area contributed by atoms with Crippen LogP contribution in [0.25, 0.3) is 22.3 Å². The van der Waals surface area contributed by atoms with Crippen LogP contribution >= 0.6 is 11.8 Å². The topological polar surface area (TPSA) is 92.7 Å². The Balaban J connectivity index is 1.24. The first kappa shape index (κ1) is 19.6. The molecular formula is C23H21N5O2S. The average molecular weight is 432 g/mol. The molecule has 7 nitrogen and oxygen atoms in total. The maximum Gasteiger partial charge on any atom is 0.256 e. The molecule has 1 atom stereocenters. The number of hydrogen-bond acceptors (Lipinski definition) is 5. The van der Waals surface area contributed by atoms with Crippen molar-refractivity contribution >= 4 is 28.6 Å². The van der Waals surface area contributed by atoms with Crippen LogP contribution in [-0.4, -0.2) is 38.0 Å². The Kier molecular flexibility index (Phi) is 5.07. The number of carbonyl (C=O) groups is 1. The van der Waals surface area contributed by atoms with E-state index in [0.717, 1.165) is 23.1 Å². The van der Waals surface area contributed by atoms with E-state index in [4.69, 9.17) is 0 Å². The van der Waals surface area contributed by atoms with E-state index in [0.29, 0.717) is 28.7 Å². The highest BCUT2D eigenvalue weighted by molar-refractivity contribution is 7.99. The van der Waals surface area contributed by atoms with Gasteiger partial charge in [-0.15, -0.1) is 5.10 Å². The Morgan fingerprint density at radius 1 is 1.23 bits per heavy atom. The molecule has 0 spiro atoms. The molecule has 2 aromatic carbocycles. The summed E-state index contributed by atoms with van der Waals surface area (Å²) in [5.74, 6) is 0.962. The zero-order valence-corrected chi connectivity index (χ0v) is 17.8. The molecule has 0 fully saturated rings. The predicted molar refractivity (Wildman–Crippen MR) is 121 cm³/mol. The molecule has 3 heterocycles. The van der Waals surface area contributed by atoms with Crippen molar-refractivity contribution in [3.63, 3.8) is 0 Å². The molecule has 156 valence electrons. The second-order valence-electron chi connectivity index (χ2n) is 7.58. The van der Waals surface area contributed by atoms with E-state index in [2.05, 4.69) is 32.0 Å². The monoisotopic (exact) mass is 431 g/mol. The molecule has 1 amide bonds. The molecule has 0 bridgehead atoms. The van der Waals surface area contributed by atoms with Gasteiger partial charge in [-0.3, -0.25) is 14.7 Å². The summed E-state index contributed by atoms with van der Waals surface area (Å²) in [6.45, 7) is 2.51. The van der Waals surface area contributed by atoms with Crippen molar-refractivity contribution in [3.8, 4) is 11.4 Å². The smallest absolute Gasteiger partial charge is 0.256 e. The van der Waals surface area contributed by atoms with Gasteiger partial charge >= 0.3 is 0 Å². The lowest BCUT2D eigenvalue weighted by molar-refractivity contribution is 0.0954. The van der Waals surface area contributed by atoms with Gasteiger partial charge in [0.1, 0.15) is 5.56 Å². The van der Waals surface area contributed by atoms with Crippen LogP contribution in [0.1, 0.15) is 28.9 Å². The minimum absolute atomic E-state index is 0.188. The number of aromatic nitrogens is 4. The van der Waals surface area contributed by atoms with Gasteiger partial charge in [0.15, 0.2) is 5.82 Å². The minimum atomic E-state index is -0.347. The van der Waals surface area contributed by atoms with Gasteiger partial charge in [-0.2, -0.15) is 0 Å². The molecule has 0 saturated heterocycles. The second kappa shape index (κ2) is 8.03. The molecule has 2 N–H and O–H groups in total. The molecular weight excluding hydrogens is 410 g/mol. The highest BCUT2D eigenvalue weighted by atomic mass is 32.2. The largest absolute Gasteiger partial charge is 0.351 e. The number of aromatic amines is 1. The van der Waals surface area contributed by atoms with Gasteiger partial charge in [0, 0.05) is 35.5 Å². The molecule has 5 rings (SSSR count). The lowest BCUT2D eigenvalue weighted by Gasteiger charge is -2.12. The number of H-pyrrole nitrogens is 1. The van der Waals surface area contributed by atoms with Crippen molar-refractivity contribution < 1.29 is 4.79 Å². The number of rotatable bonds is 6. The van der Waals surface area contributed by atoms with Gasteiger partial charge < -0.3 is 9.88 Å². The first-order valence-corrected chi connectivity index (χ1v) is 11.2. The van der Waals surface area contributed by atoms with Crippen molar-refractivity contribution in [1.82, 2.24) is 25.1 Å². The fraction of sp³-hybridized carbons (Fsp3) is 0.217. The third-order valence-electron chi connectivity index (χ3n) is 5.50. The minimum Gasteiger partial charge on any atom is -0.351 e. The van der Waals surface area contributed by atoms with Crippen LogP contribution in [0.15, 0.2) is 64.7 Å². The molecule has 0 saturated carbocycles. The standard InChI is InChI=1S/C23H21N5O2S/c1-14-12-16-8-5-9-17-19(16)28(14)13-18(20(17)29)22(30)24-10-11-31-23-25-21(26-27-23)15-6-3-2-4-7-15/h2-9,13-14H,10-12H2,1H3,(H,24,30)(H,25,26,27)/t14-/m1/s1. The zero-order valence-electron chi connectivity index (χ0n) is 17.0. The van der Waals surface area contributed by atoms with Gasteiger partial charge in [-0.25, -0.2) is 4.98 Å². The van der Waals surface area contributed by atoms with E-state index < -0.39 is 0 Å². The zero-order chi connectivity index (χ0) is 21.4. The van der Waals surface area contributed by atoms with Gasteiger partial charge in [-0.1, -0.05) is 54.2 Å².